The first-order valence-corrected chi connectivity index (χ1v) is 7.83. The van der Waals surface area contributed by atoms with Crippen LogP contribution in [0.1, 0.15) is 40.0 Å². The molecule has 2 rings (SSSR count). The number of hydrogen-bond acceptors (Lipinski definition) is 2. The predicted molar refractivity (Wildman–Crippen MR) is 85.9 cm³/mol. The van der Waals surface area contributed by atoms with Gasteiger partial charge in [0.25, 0.3) is 0 Å². The molecule has 0 radical (unpaired) electrons. The van der Waals surface area contributed by atoms with Gasteiger partial charge in [-0.1, -0.05) is 32.4 Å². The van der Waals surface area contributed by atoms with Gasteiger partial charge in [0.05, 0.1) is 6.61 Å². The molecule has 1 fully saturated rings. The SMILES string of the molecule is CC/C=C(\Nc1ccc(Cl)cc1)OCC1(CC)C[C@@H]1C. The lowest BCUT2D eigenvalue weighted by Gasteiger charge is -2.18. The van der Waals surface area contributed by atoms with Crippen molar-refractivity contribution in [2.75, 3.05) is 11.9 Å². The van der Waals surface area contributed by atoms with E-state index in [1.54, 1.807) is 0 Å². The molecule has 0 spiro atoms. The maximum atomic E-state index is 6.02. The molecule has 2 atom stereocenters. The van der Waals surface area contributed by atoms with Crippen molar-refractivity contribution in [1.82, 2.24) is 0 Å². The van der Waals surface area contributed by atoms with E-state index >= 15 is 0 Å². The summed E-state index contributed by atoms with van der Waals surface area (Å²) in [5.41, 5.74) is 1.40. The molecule has 0 amide bonds. The van der Waals surface area contributed by atoms with Crippen LogP contribution in [-0.2, 0) is 4.74 Å². The first kappa shape index (κ1) is 15.2. The Bertz CT molecular complexity index is 464. The minimum Gasteiger partial charge on any atom is -0.479 e. The highest BCUT2D eigenvalue weighted by Gasteiger charge is 2.50. The lowest BCUT2D eigenvalue weighted by Crippen LogP contribution is -2.14. The number of halogens is 1. The molecule has 0 aromatic heterocycles. The molecule has 20 heavy (non-hydrogen) atoms. The van der Waals surface area contributed by atoms with E-state index < -0.39 is 0 Å². The molecule has 1 saturated carbocycles. The topological polar surface area (TPSA) is 21.3 Å². The second kappa shape index (κ2) is 6.53. The van der Waals surface area contributed by atoms with Gasteiger partial charge in [0.2, 0.25) is 0 Å². The first-order chi connectivity index (χ1) is 9.59. The summed E-state index contributed by atoms with van der Waals surface area (Å²) in [6, 6.07) is 7.68. The van der Waals surface area contributed by atoms with Gasteiger partial charge in [-0.3, -0.25) is 0 Å². The van der Waals surface area contributed by atoms with Crippen LogP contribution in [0.2, 0.25) is 5.02 Å². The van der Waals surface area contributed by atoms with Crippen molar-refractivity contribution in [1.29, 1.82) is 0 Å². The fourth-order valence-corrected chi connectivity index (χ4v) is 2.70. The van der Waals surface area contributed by atoms with Gasteiger partial charge in [-0.2, -0.15) is 0 Å². The zero-order valence-corrected chi connectivity index (χ0v) is 13.3. The second-order valence-electron chi connectivity index (χ2n) is 5.72. The average Bonchev–Trinajstić information content (AvgIpc) is 3.10. The zero-order chi connectivity index (χ0) is 14.6. The third-order valence-corrected chi connectivity index (χ3v) is 4.57. The minimum absolute atomic E-state index is 0.397. The van der Waals surface area contributed by atoms with E-state index in [9.17, 15) is 0 Å². The maximum absolute atomic E-state index is 6.02. The van der Waals surface area contributed by atoms with Crippen LogP contribution in [-0.4, -0.2) is 6.61 Å². The molecule has 2 nitrogen and oxygen atoms in total. The lowest BCUT2D eigenvalue weighted by molar-refractivity contribution is 0.145. The lowest BCUT2D eigenvalue weighted by atomic mass is 10.0. The van der Waals surface area contributed by atoms with Crippen LogP contribution < -0.4 is 5.32 Å². The van der Waals surface area contributed by atoms with Crippen molar-refractivity contribution in [2.45, 2.75) is 40.0 Å². The molecule has 1 aromatic rings. The summed E-state index contributed by atoms with van der Waals surface area (Å²) in [6.45, 7) is 7.48. The van der Waals surface area contributed by atoms with Gasteiger partial charge in [0.15, 0.2) is 5.88 Å². The second-order valence-corrected chi connectivity index (χ2v) is 6.15. The summed E-state index contributed by atoms with van der Waals surface area (Å²) in [5, 5.41) is 4.07. The molecule has 0 heterocycles. The molecule has 1 aromatic carbocycles. The van der Waals surface area contributed by atoms with Gasteiger partial charge in [0.1, 0.15) is 0 Å². The van der Waals surface area contributed by atoms with E-state index in [2.05, 4.69) is 32.2 Å². The van der Waals surface area contributed by atoms with Gasteiger partial charge < -0.3 is 10.1 Å². The van der Waals surface area contributed by atoms with Crippen molar-refractivity contribution >= 4 is 17.3 Å². The highest BCUT2D eigenvalue weighted by Crippen LogP contribution is 2.55. The standard InChI is InChI=1S/C17H24ClNO/c1-4-6-16(19-15-9-7-14(18)8-10-15)20-12-17(5-2)11-13(17)3/h6-10,13,19H,4-5,11-12H2,1-3H3/b16-6+/t13-,17?/m0/s1. The van der Waals surface area contributed by atoms with Gasteiger partial charge in [-0.05, 0) is 55.5 Å². The van der Waals surface area contributed by atoms with Crippen LogP contribution in [0.5, 0.6) is 0 Å². The average molecular weight is 294 g/mol. The first-order valence-electron chi connectivity index (χ1n) is 7.45. The molecule has 3 heteroatoms. The summed E-state index contributed by atoms with van der Waals surface area (Å²) in [4.78, 5) is 0. The maximum Gasteiger partial charge on any atom is 0.186 e. The van der Waals surface area contributed by atoms with Crippen molar-refractivity contribution in [2.24, 2.45) is 11.3 Å². The predicted octanol–water partition coefficient (Wildman–Crippen LogP) is 5.46. The van der Waals surface area contributed by atoms with E-state index in [1.165, 1.54) is 12.8 Å². The molecule has 0 saturated heterocycles. The smallest absolute Gasteiger partial charge is 0.186 e. The molecule has 0 aliphatic heterocycles. The van der Waals surface area contributed by atoms with E-state index in [0.717, 1.165) is 35.5 Å². The summed E-state index contributed by atoms with van der Waals surface area (Å²) in [5.74, 6) is 1.63. The van der Waals surface area contributed by atoms with E-state index in [1.807, 2.05) is 24.3 Å². The Balaban J connectivity index is 1.94. The van der Waals surface area contributed by atoms with Crippen LogP contribution in [0, 0.1) is 11.3 Å². The number of anilines is 1. The summed E-state index contributed by atoms with van der Waals surface area (Å²) in [6.07, 6.45) is 5.51. The normalized spacial score (nSPS) is 25.4. The van der Waals surface area contributed by atoms with Crippen LogP contribution in [0.4, 0.5) is 5.69 Å². The molecule has 1 aliphatic carbocycles. The monoisotopic (exact) mass is 293 g/mol. The number of allylic oxidation sites excluding steroid dienone is 1. The van der Waals surface area contributed by atoms with Crippen molar-refractivity contribution in [3.05, 3.63) is 41.2 Å². The Morgan fingerprint density at radius 1 is 1.40 bits per heavy atom. The van der Waals surface area contributed by atoms with Gasteiger partial charge in [-0.25, -0.2) is 0 Å². The number of rotatable bonds is 7. The summed E-state index contributed by atoms with van der Waals surface area (Å²) < 4.78 is 6.02. The number of nitrogens with one attached hydrogen (secondary N) is 1. The highest BCUT2D eigenvalue weighted by atomic mass is 35.5. The Kier molecular flexibility index (Phi) is 4.98. The Morgan fingerprint density at radius 2 is 2.05 bits per heavy atom. The quantitative estimate of drug-likeness (QED) is 0.674. The number of benzene rings is 1. The fourth-order valence-electron chi connectivity index (χ4n) is 2.58. The molecular weight excluding hydrogens is 270 g/mol. The molecular formula is C17H24ClNO. The molecule has 1 unspecified atom stereocenters. The van der Waals surface area contributed by atoms with Gasteiger partial charge in [0, 0.05) is 16.1 Å². The molecule has 1 aliphatic rings. The van der Waals surface area contributed by atoms with Crippen LogP contribution in [0.25, 0.3) is 0 Å². The molecule has 1 N–H and O–H groups in total. The van der Waals surface area contributed by atoms with Crippen LogP contribution >= 0.6 is 11.6 Å². The summed E-state index contributed by atoms with van der Waals surface area (Å²) >= 11 is 5.90. The van der Waals surface area contributed by atoms with E-state index in [-0.39, 0.29) is 0 Å². The van der Waals surface area contributed by atoms with Crippen LogP contribution in [0.3, 0.4) is 0 Å². The molecule has 110 valence electrons. The number of hydrogen-bond donors (Lipinski definition) is 1. The van der Waals surface area contributed by atoms with Crippen molar-refractivity contribution in [3.63, 3.8) is 0 Å². The zero-order valence-electron chi connectivity index (χ0n) is 12.6. The van der Waals surface area contributed by atoms with E-state index in [0.29, 0.717) is 5.41 Å². The Hall–Kier alpha value is -1.15. The Morgan fingerprint density at radius 3 is 2.55 bits per heavy atom. The number of ether oxygens (including phenoxy) is 1. The van der Waals surface area contributed by atoms with Crippen molar-refractivity contribution < 1.29 is 4.74 Å². The van der Waals surface area contributed by atoms with Gasteiger partial charge in [-0.15, -0.1) is 0 Å². The largest absolute Gasteiger partial charge is 0.479 e. The van der Waals surface area contributed by atoms with Gasteiger partial charge >= 0.3 is 0 Å². The molecule has 0 bridgehead atoms. The summed E-state index contributed by atoms with van der Waals surface area (Å²) in [7, 11) is 0. The minimum atomic E-state index is 0.397. The third kappa shape index (κ3) is 3.69. The van der Waals surface area contributed by atoms with Crippen LogP contribution in [0.15, 0.2) is 36.2 Å². The fraction of sp³-hybridized carbons (Fsp3) is 0.529. The van der Waals surface area contributed by atoms with Crippen molar-refractivity contribution in [3.8, 4) is 0 Å². The highest BCUT2D eigenvalue weighted by molar-refractivity contribution is 6.30. The Labute approximate surface area is 127 Å². The third-order valence-electron chi connectivity index (χ3n) is 4.32. The van der Waals surface area contributed by atoms with E-state index in [4.69, 9.17) is 16.3 Å².